The van der Waals surface area contributed by atoms with Crippen molar-refractivity contribution in [1.82, 2.24) is 25.4 Å². The van der Waals surface area contributed by atoms with Crippen LogP contribution in [0.2, 0.25) is 0 Å². The molecule has 1 aromatic carbocycles. The second kappa shape index (κ2) is 8.12. The number of nitrogens with zero attached hydrogens (tertiary/aromatic N) is 5. The van der Waals surface area contributed by atoms with E-state index in [2.05, 4.69) is 45.0 Å². The van der Waals surface area contributed by atoms with Crippen molar-refractivity contribution in [3.8, 4) is 6.07 Å². The maximum absolute atomic E-state index is 10.5. The Morgan fingerprint density at radius 3 is 2.84 bits per heavy atom. The number of piperidine rings is 1. The van der Waals surface area contributed by atoms with E-state index in [9.17, 15) is 5.26 Å². The van der Waals surface area contributed by atoms with Gasteiger partial charge in [0.1, 0.15) is 11.0 Å². The van der Waals surface area contributed by atoms with Gasteiger partial charge in [0.2, 0.25) is 0 Å². The van der Waals surface area contributed by atoms with Crippen LogP contribution in [-0.4, -0.2) is 45.0 Å². The predicted octanol–water partition coefficient (Wildman–Crippen LogP) is 4.13. The molecule has 7 heteroatoms. The molecule has 1 atom stereocenters. The summed E-state index contributed by atoms with van der Waals surface area (Å²) in [6, 6.07) is 8.44. The molecule has 0 amide bonds. The third-order valence-corrected chi connectivity index (χ3v) is 6.89. The fourth-order valence-corrected chi connectivity index (χ4v) is 5.24. The van der Waals surface area contributed by atoms with Crippen LogP contribution in [0.5, 0.6) is 0 Å². The molecule has 1 fully saturated rings. The van der Waals surface area contributed by atoms with Crippen molar-refractivity contribution in [2.75, 3.05) is 19.6 Å². The number of allylic oxidation sites excluding steroid dienone is 3. The second-order valence-corrected chi connectivity index (χ2v) is 8.47. The van der Waals surface area contributed by atoms with E-state index < -0.39 is 0 Å². The van der Waals surface area contributed by atoms with Crippen LogP contribution in [-0.2, 0) is 6.42 Å². The van der Waals surface area contributed by atoms with Gasteiger partial charge in [0.05, 0.1) is 18.2 Å². The molecule has 1 saturated heterocycles. The molecule has 158 valence electrons. The maximum atomic E-state index is 10.5. The minimum absolute atomic E-state index is 0.273. The van der Waals surface area contributed by atoms with Crippen molar-refractivity contribution < 1.29 is 4.63 Å². The molecular formula is C24H26N6O. The van der Waals surface area contributed by atoms with Gasteiger partial charge < -0.3 is 4.90 Å². The fourth-order valence-electron chi connectivity index (χ4n) is 5.24. The molecule has 3 aromatic rings. The molecule has 1 aliphatic heterocycles. The lowest BCUT2D eigenvalue weighted by atomic mass is 9.73. The quantitative estimate of drug-likeness (QED) is 0.692. The molecule has 5 rings (SSSR count). The predicted molar refractivity (Wildman–Crippen MR) is 117 cm³/mol. The number of hydrogen-bond donors (Lipinski definition) is 1. The summed E-state index contributed by atoms with van der Waals surface area (Å²) in [7, 11) is 0. The van der Waals surface area contributed by atoms with E-state index in [1.165, 1.54) is 0 Å². The number of aromatic nitrogens is 4. The molecule has 31 heavy (non-hydrogen) atoms. The zero-order valence-electron chi connectivity index (χ0n) is 17.8. The van der Waals surface area contributed by atoms with E-state index in [-0.39, 0.29) is 5.92 Å². The van der Waals surface area contributed by atoms with Crippen molar-refractivity contribution in [2.24, 2.45) is 5.92 Å². The lowest BCUT2D eigenvalue weighted by Gasteiger charge is -2.35. The molecule has 1 aliphatic carbocycles. The van der Waals surface area contributed by atoms with Gasteiger partial charge in [-0.15, -0.1) is 0 Å². The van der Waals surface area contributed by atoms with E-state index in [4.69, 9.17) is 4.63 Å². The summed E-state index contributed by atoms with van der Waals surface area (Å²) in [5.74, 6) is 0.0705. The zero-order valence-corrected chi connectivity index (χ0v) is 17.8. The highest BCUT2D eigenvalue weighted by molar-refractivity contribution is 5.79. The highest BCUT2D eigenvalue weighted by Crippen LogP contribution is 2.44. The van der Waals surface area contributed by atoms with Gasteiger partial charge in [-0.3, -0.25) is 5.10 Å². The largest absolute Gasteiger partial charge is 0.304 e. The molecule has 3 heterocycles. The van der Waals surface area contributed by atoms with Crippen molar-refractivity contribution >= 4 is 11.0 Å². The Morgan fingerprint density at radius 1 is 1.23 bits per heavy atom. The topological polar surface area (TPSA) is 94.6 Å². The highest BCUT2D eigenvalue weighted by Gasteiger charge is 2.34. The number of rotatable bonds is 3. The number of aryl methyl sites for hydroxylation is 1. The van der Waals surface area contributed by atoms with Crippen LogP contribution in [0.15, 0.2) is 52.3 Å². The monoisotopic (exact) mass is 414 g/mol. The molecule has 2 aromatic heterocycles. The minimum Gasteiger partial charge on any atom is -0.304 e. The normalized spacial score (nSPS) is 21.0. The summed E-state index contributed by atoms with van der Waals surface area (Å²) in [6.07, 6.45) is 5.61. The smallest absolute Gasteiger partial charge is 0.139 e. The van der Waals surface area contributed by atoms with Crippen LogP contribution in [0.4, 0.5) is 0 Å². The number of aromatic amines is 1. The Balaban J connectivity index is 1.71. The fraction of sp³-hybridized carbons (Fsp3) is 0.417. The lowest BCUT2D eigenvalue weighted by Crippen LogP contribution is -2.34. The second-order valence-electron chi connectivity index (χ2n) is 8.47. The van der Waals surface area contributed by atoms with Gasteiger partial charge in [0, 0.05) is 16.8 Å². The van der Waals surface area contributed by atoms with E-state index in [0.717, 1.165) is 78.9 Å². The van der Waals surface area contributed by atoms with Gasteiger partial charge >= 0.3 is 0 Å². The molecule has 0 bridgehead atoms. The first-order valence-electron chi connectivity index (χ1n) is 11.0. The van der Waals surface area contributed by atoms with Crippen molar-refractivity contribution in [3.63, 3.8) is 0 Å². The molecule has 7 nitrogen and oxygen atoms in total. The Bertz CT molecular complexity index is 1190. The van der Waals surface area contributed by atoms with Crippen LogP contribution in [0.1, 0.15) is 48.9 Å². The number of hydrogen-bond acceptors (Lipinski definition) is 6. The molecule has 1 unspecified atom stereocenters. The van der Waals surface area contributed by atoms with Gasteiger partial charge in [0.15, 0.2) is 0 Å². The third-order valence-electron chi connectivity index (χ3n) is 6.89. The van der Waals surface area contributed by atoms with Crippen LogP contribution in [0.3, 0.4) is 0 Å². The Kier molecular flexibility index (Phi) is 5.16. The maximum Gasteiger partial charge on any atom is 0.139 e. The molecule has 0 saturated carbocycles. The Labute approximate surface area is 181 Å². The van der Waals surface area contributed by atoms with Crippen LogP contribution in [0, 0.1) is 17.2 Å². The number of H-pyrrole nitrogens is 1. The first-order chi connectivity index (χ1) is 15.2. The highest BCUT2D eigenvalue weighted by atomic mass is 16.6. The molecule has 2 aliphatic rings. The summed E-state index contributed by atoms with van der Waals surface area (Å²) < 4.78 is 5.03. The van der Waals surface area contributed by atoms with Gasteiger partial charge in [0.25, 0.3) is 0 Å². The summed E-state index contributed by atoms with van der Waals surface area (Å²) in [5.41, 5.74) is 7.37. The Hall–Kier alpha value is -3.24. The standard InChI is InChI=1S/C24H26N6O/c1-3-30-11-9-16(10-12-30)22-15(2)7-8-20-19(14-26-27-20)23(18(22)13-25)17-5-4-6-21-24(17)29-31-28-21/h4-6,14,16,23H,2-3,7-12H2,1H3,(H,26,27). The average Bonchev–Trinajstić information content (AvgIpc) is 3.46. The third kappa shape index (κ3) is 3.37. The Morgan fingerprint density at radius 2 is 2.06 bits per heavy atom. The average molecular weight is 415 g/mol. The van der Waals surface area contributed by atoms with E-state index >= 15 is 0 Å². The zero-order chi connectivity index (χ0) is 21.4. The number of fused-ring (bicyclic) bond motifs is 2. The summed E-state index contributed by atoms with van der Waals surface area (Å²) >= 11 is 0. The first-order valence-corrected chi connectivity index (χ1v) is 11.0. The van der Waals surface area contributed by atoms with Gasteiger partial charge in [-0.25, -0.2) is 4.63 Å². The SMILES string of the molecule is C=C1CCc2[nH]ncc2C(c2cccc3nonc23)C(C#N)=C1C1CCN(CC)CC1. The van der Waals surface area contributed by atoms with Gasteiger partial charge in [-0.1, -0.05) is 31.2 Å². The number of benzene rings is 1. The number of nitrogens with one attached hydrogen (secondary N) is 1. The first kappa shape index (κ1) is 19.7. The van der Waals surface area contributed by atoms with E-state index in [1.807, 2.05) is 24.4 Å². The molecular weight excluding hydrogens is 388 g/mol. The van der Waals surface area contributed by atoms with Gasteiger partial charge in [-0.05, 0) is 78.8 Å². The molecule has 0 spiro atoms. The van der Waals surface area contributed by atoms with Crippen molar-refractivity contribution in [2.45, 2.75) is 38.5 Å². The number of likely N-dealkylation sites (tertiary alicyclic amines) is 1. The molecule has 1 N–H and O–H groups in total. The van der Waals surface area contributed by atoms with Crippen LogP contribution < -0.4 is 0 Å². The van der Waals surface area contributed by atoms with Crippen molar-refractivity contribution in [3.05, 3.63) is 64.5 Å². The minimum atomic E-state index is -0.273. The molecule has 0 radical (unpaired) electrons. The summed E-state index contributed by atoms with van der Waals surface area (Å²) in [5, 5.41) is 26.2. The number of nitriles is 1. The van der Waals surface area contributed by atoms with Crippen LogP contribution >= 0.6 is 0 Å². The van der Waals surface area contributed by atoms with Gasteiger partial charge in [-0.2, -0.15) is 10.4 Å². The van der Waals surface area contributed by atoms with E-state index in [1.54, 1.807) is 0 Å². The summed E-state index contributed by atoms with van der Waals surface area (Å²) in [6.45, 7) is 9.83. The lowest BCUT2D eigenvalue weighted by molar-refractivity contribution is 0.208. The van der Waals surface area contributed by atoms with Crippen molar-refractivity contribution in [1.29, 1.82) is 5.26 Å². The summed E-state index contributed by atoms with van der Waals surface area (Å²) in [4.78, 5) is 2.47. The van der Waals surface area contributed by atoms with Crippen LogP contribution in [0.25, 0.3) is 11.0 Å². The van der Waals surface area contributed by atoms with E-state index in [0.29, 0.717) is 17.0 Å².